The van der Waals surface area contributed by atoms with Gasteiger partial charge in [-0.2, -0.15) is 0 Å². The molecule has 1 heterocycles. The van der Waals surface area contributed by atoms with Gasteiger partial charge in [0.15, 0.2) is 0 Å². The van der Waals surface area contributed by atoms with Crippen LogP contribution in [0.3, 0.4) is 0 Å². The molecule has 4 nitrogen and oxygen atoms in total. The Morgan fingerprint density at radius 1 is 1.29 bits per heavy atom. The van der Waals surface area contributed by atoms with E-state index < -0.39 is 11.2 Å². The lowest BCUT2D eigenvalue weighted by atomic mass is 10.2. The monoisotopic (exact) mass is 314 g/mol. The second-order valence-corrected chi connectivity index (χ2v) is 4.68. The smallest absolute Gasteiger partial charge is 0.279 e. The molecule has 0 aliphatic rings. The summed E-state index contributed by atoms with van der Waals surface area (Å²) in [6, 6.07) is 8.67. The van der Waals surface area contributed by atoms with Gasteiger partial charge in [0.1, 0.15) is 5.15 Å². The summed E-state index contributed by atoms with van der Waals surface area (Å²) in [5.74, 6) is 0. The highest BCUT2D eigenvalue weighted by Crippen LogP contribution is 2.17. The molecule has 88 valence electrons. The molecule has 17 heavy (non-hydrogen) atoms. The van der Waals surface area contributed by atoms with Gasteiger partial charge in [0.2, 0.25) is 0 Å². The topological polar surface area (TPSA) is 54.9 Å². The molecule has 0 amide bonds. The number of halogens is 2. The molecule has 0 aliphatic heterocycles. The molecule has 0 spiro atoms. The first-order chi connectivity index (χ1) is 8.08. The van der Waals surface area contributed by atoms with Crippen molar-refractivity contribution in [3.63, 3.8) is 0 Å². The minimum atomic E-state index is -0.516. The fourth-order valence-corrected chi connectivity index (χ4v) is 2.08. The predicted octanol–water partition coefficient (Wildman–Crippen LogP) is 2.00. The third-order valence-corrected chi connectivity index (χ3v) is 3.36. The SMILES string of the molecule is O=c1cc(Cl)n(Cc2ccccc2Br)c(=O)[nH]1. The van der Waals surface area contributed by atoms with Crippen molar-refractivity contribution in [3.05, 3.63) is 66.4 Å². The zero-order valence-electron chi connectivity index (χ0n) is 8.61. The fourth-order valence-electron chi connectivity index (χ4n) is 1.44. The molecular formula is C11H8BrClN2O2. The molecule has 0 atom stereocenters. The first-order valence-corrected chi connectivity index (χ1v) is 5.98. The first-order valence-electron chi connectivity index (χ1n) is 4.81. The maximum Gasteiger partial charge on any atom is 0.329 e. The first kappa shape index (κ1) is 12.1. The van der Waals surface area contributed by atoms with Crippen molar-refractivity contribution in [1.82, 2.24) is 9.55 Å². The van der Waals surface area contributed by atoms with E-state index in [-0.39, 0.29) is 5.15 Å². The molecule has 0 saturated carbocycles. The molecule has 0 bridgehead atoms. The summed E-state index contributed by atoms with van der Waals surface area (Å²) in [5, 5.41) is 0.120. The number of nitrogens with one attached hydrogen (secondary N) is 1. The lowest BCUT2D eigenvalue weighted by Crippen LogP contribution is -2.30. The summed E-state index contributed by atoms with van der Waals surface area (Å²) in [6.45, 7) is 0.301. The van der Waals surface area contributed by atoms with Crippen molar-refractivity contribution in [2.45, 2.75) is 6.54 Å². The zero-order chi connectivity index (χ0) is 12.4. The minimum absolute atomic E-state index is 0.120. The molecule has 1 aromatic heterocycles. The average molecular weight is 316 g/mol. The van der Waals surface area contributed by atoms with Gasteiger partial charge in [-0.1, -0.05) is 45.7 Å². The summed E-state index contributed by atoms with van der Waals surface area (Å²) < 4.78 is 2.18. The third-order valence-electron chi connectivity index (χ3n) is 2.27. The van der Waals surface area contributed by atoms with Gasteiger partial charge in [0, 0.05) is 10.5 Å². The van der Waals surface area contributed by atoms with Crippen LogP contribution in [0.2, 0.25) is 5.15 Å². The molecule has 0 fully saturated rings. The van der Waals surface area contributed by atoms with Gasteiger partial charge in [-0.3, -0.25) is 14.3 Å². The molecule has 2 aromatic rings. The van der Waals surface area contributed by atoms with E-state index in [1.165, 1.54) is 10.6 Å². The second kappa shape index (κ2) is 4.89. The molecule has 6 heteroatoms. The van der Waals surface area contributed by atoms with Crippen LogP contribution in [0, 0.1) is 0 Å². The Morgan fingerprint density at radius 3 is 2.65 bits per heavy atom. The van der Waals surface area contributed by atoms with E-state index in [1.807, 2.05) is 24.3 Å². The van der Waals surface area contributed by atoms with Crippen LogP contribution in [0.15, 0.2) is 44.4 Å². The summed E-state index contributed by atoms with van der Waals surface area (Å²) in [6.07, 6.45) is 0. The lowest BCUT2D eigenvalue weighted by molar-refractivity contribution is 0.719. The van der Waals surface area contributed by atoms with Crippen molar-refractivity contribution in [1.29, 1.82) is 0 Å². The molecule has 0 aliphatic carbocycles. The van der Waals surface area contributed by atoms with Gasteiger partial charge in [-0.05, 0) is 11.6 Å². The molecular weight excluding hydrogens is 307 g/mol. The highest BCUT2D eigenvalue weighted by molar-refractivity contribution is 9.10. The van der Waals surface area contributed by atoms with Crippen LogP contribution < -0.4 is 11.2 Å². The van der Waals surface area contributed by atoms with E-state index in [0.717, 1.165) is 10.0 Å². The number of hydrogen-bond acceptors (Lipinski definition) is 2. The van der Waals surface area contributed by atoms with Crippen LogP contribution in [0.4, 0.5) is 0 Å². The Labute approximate surface area is 110 Å². The van der Waals surface area contributed by atoms with Crippen LogP contribution in [-0.4, -0.2) is 9.55 Å². The highest BCUT2D eigenvalue weighted by Gasteiger charge is 2.06. The molecule has 2 rings (SSSR count). The Kier molecular flexibility index (Phi) is 3.49. The standard InChI is InChI=1S/C11H8BrClN2O2/c12-8-4-2-1-3-7(8)6-15-9(13)5-10(16)14-11(15)17/h1-5H,6H2,(H,14,16,17). The van der Waals surface area contributed by atoms with E-state index in [4.69, 9.17) is 11.6 Å². The zero-order valence-corrected chi connectivity index (χ0v) is 11.0. The predicted molar refractivity (Wildman–Crippen MR) is 69.6 cm³/mol. The number of H-pyrrole nitrogens is 1. The number of hydrogen-bond donors (Lipinski definition) is 1. The van der Waals surface area contributed by atoms with Crippen molar-refractivity contribution >= 4 is 27.5 Å². The van der Waals surface area contributed by atoms with Crippen molar-refractivity contribution in [2.75, 3.05) is 0 Å². The van der Waals surface area contributed by atoms with Crippen molar-refractivity contribution < 1.29 is 0 Å². The number of nitrogens with zero attached hydrogens (tertiary/aromatic N) is 1. The van der Waals surface area contributed by atoms with E-state index in [0.29, 0.717) is 6.54 Å². The normalized spacial score (nSPS) is 10.5. The molecule has 1 N–H and O–H groups in total. The Morgan fingerprint density at radius 2 is 2.00 bits per heavy atom. The fraction of sp³-hybridized carbons (Fsp3) is 0.0909. The van der Waals surface area contributed by atoms with Gasteiger partial charge in [0.05, 0.1) is 6.54 Å². The van der Waals surface area contributed by atoms with Gasteiger partial charge in [0.25, 0.3) is 5.56 Å². The molecule has 1 aromatic carbocycles. The van der Waals surface area contributed by atoms with Gasteiger partial charge in [-0.15, -0.1) is 0 Å². The molecule has 0 unspecified atom stereocenters. The quantitative estimate of drug-likeness (QED) is 0.862. The minimum Gasteiger partial charge on any atom is -0.279 e. The largest absolute Gasteiger partial charge is 0.329 e. The van der Waals surface area contributed by atoms with Crippen LogP contribution in [-0.2, 0) is 6.54 Å². The molecule has 0 radical (unpaired) electrons. The number of benzene rings is 1. The maximum atomic E-state index is 11.6. The number of rotatable bonds is 2. The van der Waals surface area contributed by atoms with Crippen LogP contribution >= 0.6 is 27.5 Å². The van der Waals surface area contributed by atoms with E-state index in [2.05, 4.69) is 20.9 Å². The number of aromatic amines is 1. The summed E-state index contributed by atoms with van der Waals surface area (Å²) >= 11 is 9.25. The average Bonchev–Trinajstić information content (AvgIpc) is 2.25. The Balaban J connectivity index is 2.48. The Bertz CT molecular complexity index is 663. The second-order valence-electron chi connectivity index (χ2n) is 3.44. The van der Waals surface area contributed by atoms with Crippen molar-refractivity contribution in [2.24, 2.45) is 0 Å². The van der Waals surface area contributed by atoms with E-state index in [9.17, 15) is 9.59 Å². The third kappa shape index (κ3) is 2.68. The van der Waals surface area contributed by atoms with Crippen molar-refractivity contribution in [3.8, 4) is 0 Å². The molecule has 0 saturated heterocycles. The van der Waals surface area contributed by atoms with Crippen LogP contribution in [0.1, 0.15) is 5.56 Å². The van der Waals surface area contributed by atoms with Gasteiger partial charge >= 0.3 is 5.69 Å². The summed E-state index contributed by atoms with van der Waals surface area (Å²) in [5.41, 5.74) is -0.106. The highest BCUT2D eigenvalue weighted by atomic mass is 79.9. The summed E-state index contributed by atoms with van der Waals surface area (Å²) in [7, 11) is 0. The van der Waals surface area contributed by atoms with E-state index in [1.54, 1.807) is 0 Å². The van der Waals surface area contributed by atoms with Gasteiger partial charge in [-0.25, -0.2) is 4.79 Å². The number of aromatic nitrogens is 2. The van der Waals surface area contributed by atoms with Crippen LogP contribution in [0.25, 0.3) is 0 Å². The summed E-state index contributed by atoms with van der Waals surface area (Å²) in [4.78, 5) is 24.8. The lowest BCUT2D eigenvalue weighted by Gasteiger charge is -2.08. The Hall–Kier alpha value is -1.33. The van der Waals surface area contributed by atoms with E-state index >= 15 is 0 Å². The van der Waals surface area contributed by atoms with Crippen LogP contribution in [0.5, 0.6) is 0 Å². The van der Waals surface area contributed by atoms with Gasteiger partial charge < -0.3 is 0 Å². The maximum absolute atomic E-state index is 11.6.